The molecule has 1 N–H and O–H groups in total. The lowest BCUT2D eigenvalue weighted by Gasteiger charge is -2.18. The zero-order chi connectivity index (χ0) is 24.2. The molecule has 6 nitrogen and oxygen atoms in total. The molecular weight excluding hydrogens is 428 g/mol. The van der Waals surface area contributed by atoms with Crippen molar-refractivity contribution in [3.05, 3.63) is 89.1 Å². The van der Waals surface area contributed by atoms with Crippen LogP contribution in [0.3, 0.4) is 0 Å². The minimum atomic E-state index is -0.399. The number of nitrogens with one attached hydrogen (secondary N) is 1. The number of methoxy groups -OCH3 is 1. The molecule has 0 spiro atoms. The highest BCUT2D eigenvalue weighted by Crippen LogP contribution is 2.36. The van der Waals surface area contributed by atoms with E-state index in [-0.39, 0.29) is 11.6 Å². The fourth-order valence-corrected chi connectivity index (χ4v) is 3.88. The van der Waals surface area contributed by atoms with Crippen LogP contribution in [-0.2, 0) is 9.59 Å². The van der Waals surface area contributed by atoms with E-state index >= 15 is 0 Å². The maximum atomic E-state index is 13.7. The molecule has 2 amide bonds. The summed E-state index contributed by atoms with van der Waals surface area (Å²) in [5.74, 6) is 0.596. The Kier molecular flexibility index (Phi) is 6.68. The van der Waals surface area contributed by atoms with E-state index < -0.39 is 5.91 Å². The number of hydrogen-bond donors (Lipinski definition) is 1. The maximum Gasteiger partial charge on any atom is 0.282 e. The summed E-state index contributed by atoms with van der Waals surface area (Å²) in [5, 5.41) is 3.21. The van der Waals surface area contributed by atoms with Crippen molar-refractivity contribution in [1.29, 1.82) is 0 Å². The third-order valence-electron chi connectivity index (χ3n) is 5.64. The number of nitrogens with zero attached hydrogens (tertiary/aromatic N) is 1. The molecule has 174 valence electrons. The summed E-state index contributed by atoms with van der Waals surface area (Å²) in [5.41, 5.74) is 4.23. The van der Waals surface area contributed by atoms with Gasteiger partial charge in [0.2, 0.25) is 0 Å². The first-order valence-corrected chi connectivity index (χ1v) is 11.3. The Hall–Kier alpha value is -4.06. The van der Waals surface area contributed by atoms with Gasteiger partial charge in [-0.3, -0.25) is 9.59 Å². The Morgan fingerprint density at radius 1 is 0.882 bits per heavy atom. The van der Waals surface area contributed by atoms with Crippen LogP contribution in [0.15, 0.2) is 72.4 Å². The van der Waals surface area contributed by atoms with Crippen molar-refractivity contribution < 1.29 is 19.1 Å². The number of amides is 2. The molecule has 3 aromatic rings. The van der Waals surface area contributed by atoms with Gasteiger partial charge in [-0.2, -0.15) is 0 Å². The monoisotopic (exact) mass is 456 g/mol. The average Bonchev–Trinajstić information content (AvgIpc) is 3.08. The molecule has 1 aliphatic rings. The Labute approximate surface area is 199 Å². The third kappa shape index (κ3) is 4.53. The summed E-state index contributed by atoms with van der Waals surface area (Å²) in [6.45, 7) is 6.47. The van der Waals surface area contributed by atoms with Crippen LogP contribution in [0.25, 0.3) is 5.57 Å². The van der Waals surface area contributed by atoms with Gasteiger partial charge in [0.05, 0.1) is 25.0 Å². The minimum absolute atomic E-state index is 0.226. The fourth-order valence-electron chi connectivity index (χ4n) is 3.88. The summed E-state index contributed by atoms with van der Waals surface area (Å²) in [7, 11) is 1.58. The first kappa shape index (κ1) is 23.1. The number of anilines is 2. The number of hydrogen-bond acceptors (Lipinski definition) is 5. The molecule has 0 fully saturated rings. The smallest absolute Gasteiger partial charge is 0.282 e. The van der Waals surface area contributed by atoms with E-state index in [1.54, 1.807) is 31.4 Å². The van der Waals surface area contributed by atoms with E-state index in [0.717, 1.165) is 17.5 Å². The van der Waals surface area contributed by atoms with Crippen LogP contribution in [0.4, 0.5) is 11.4 Å². The summed E-state index contributed by atoms with van der Waals surface area (Å²) >= 11 is 0. The van der Waals surface area contributed by atoms with Crippen molar-refractivity contribution in [3.8, 4) is 11.5 Å². The fraction of sp³-hybridized carbons (Fsp3) is 0.214. The Morgan fingerprint density at radius 2 is 1.65 bits per heavy atom. The normalized spacial score (nSPS) is 13.5. The van der Waals surface area contributed by atoms with Crippen molar-refractivity contribution in [2.24, 2.45) is 0 Å². The number of carbonyl (C=O) groups excluding carboxylic acids is 2. The molecule has 6 heteroatoms. The second kappa shape index (κ2) is 9.83. The standard InChI is InChI=1S/C28H28N2O4/c1-5-15-34-23-8-6-7-21(17-23)29-26-25(20-11-13-22(33-4)14-12-20)27(31)30(28(26)32)24-16-18(2)9-10-19(24)3/h6-14,16-17,29H,5,15H2,1-4H3. The first-order chi connectivity index (χ1) is 16.4. The highest BCUT2D eigenvalue weighted by atomic mass is 16.5. The van der Waals surface area contributed by atoms with Gasteiger partial charge >= 0.3 is 0 Å². The molecular formula is C28H28N2O4. The lowest BCUT2D eigenvalue weighted by atomic mass is 10.0. The van der Waals surface area contributed by atoms with Crippen LogP contribution < -0.4 is 19.7 Å². The van der Waals surface area contributed by atoms with Crippen LogP contribution in [0.1, 0.15) is 30.0 Å². The summed E-state index contributed by atoms with van der Waals surface area (Å²) in [4.78, 5) is 28.6. The highest BCUT2D eigenvalue weighted by Gasteiger charge is 2.40. The van der Waals surface area contributed by atoms with Gasteiger partial charge < -0.3 is 14.8 Å². The van der Waals surface area contributed by atoms with E-state index in [9.17, 15) is 9.59 Å². The van der Waals surface area contributed by atoms with Gasteiger partial charge in [-0.25, -0.2) is 4.90 Å². The van der Waals surface area contributed by atoms with Gasteiger partial charge in [-0.1, -0.05) is 37.3 Å². The van der Waals surface area contributed by atoms with Gasteiger partial charge in [-0.15, -0.1) is 0 Å². The maximum absolute atomic E-state index is 13.7. The van der Waals surface area contributed by atoms with Crippen molar-refractivity contribution in [2.75, 3.05) is 23.9 Å². The van der Waals surface area contributed by atoms with Crippen molar-refractivity contribution in [2.45, 2.75) is 27.2 Å². The van der Waals surface area contributed by atoms with E-state index in [1.807, 2.05) is 63.2 Å². The molecule has 1 aliphatic heterocycles. The highest BCUT2D eigenvalue weighted by molar-refractivity contribution is 6.46. The number of aryl methyl sites for hydroxylation is 2. The van der Waals surface area contributed by atoms with Crippen LogP contribution in [0.2, 0.25) is 0 Å². The molecule has 0 saturated heterocycles. The largest absolute Gasteiger partial charge is 0.497 e. The molecule has 0 unspecified atom stereocenters. The molecule has 0 aromatic heterocycles. The predicted molar refractivity (Wildman–Crippen MR) is 134 cm³/mol. The second-order valence-electron chi connectivity index (χ2n) is 8.22. The number of ether oxygens (including phenoxy) is 2. The van der Waals surface area contributed by atoms with Gasteiger partial charge in [0.15, 0.2) is 0 Å². The van der Waals surface area contributed by atoms with Crippen LogP contribution in [-0.4, -0.2) is 25.5 Å². The molecule has 34 heavy (non-hydrogen) atoms. The van der Waals surface area contributed by atoms with Gasteiger partial charge in [0, 0.05) is 11.8 Å². The van der Waals surface area contributed by atoms with E-state index in [2.05, 4.69) is 5.32 Å². The van der Waals surface area contributed by atoms with E-state index in [1.165, 1.54) is 4.90 Å². The zero-order valence-electron chi connectivity index (χ0n) is 19.8. The van der Waals surface area contributed by atoms with Crippen molar-refractivity contribution in [1.82, 2.24) is 0 Å². The molecule has 3 aromatic carbocycles. The average molecular weight is 457 g/mol. The van der Waals surface area contributed by atoms with Gasteiger partial charge in [0.25, 0.3) is 11.8 Å². The SMILES string of the molecule is CCCOc1cccc(NC2=C(c3ccc(OC)cc3)C(=O)N(c3cc(C)ccc3C)C2=O)c1. The first-order valence-electron chi connectivity index (χ1n) is 11.3. The summed E-state index contributed by atoms with van der Waals surface area (Å²) < 4.78 is 11.0. The quantitative estimate of drug-likeness (QED) is 0.454. The van der Waals surface area contributed by atoms with Gasteiger partial charge in [-0.05, 0) is 67.3 Å². The molecule has 0 bridgehead atoms. The van der Waals surface area contributed by atoms with Crippen LogP contribution in [0, 0.1) is 13.8 Å². The van der Waals surface area contributed by atoms with Gasteiger partial charge in [0.1, 0.15) is 17.2 Å². The lowest BCUT2D eigenvalue weighted by Crippen LogP contribution is -2.33. The summed E-state index contributed by atoms with van der Waals surface area (Å²) in [6, 6.07) is 20.2. The second-order valence-corrected chi connectivity index (χ2v) is 8.22. The number of benzene rings is 3. The van der Waals surface area contributed by atoms with E-state index in [0.29, 0.717) is 40.6 Å². The predicted octanol–water partition coefficient (Wildman–Crippen LogP) is 5.50. The zero-order valence-corrected chi connectivity index (χ0v) is 19.8. The van der Waals surface area contributed by atoms with Crippen molar-refractivity contribution >= 4 is 28.8 Å². The minimum Gasteiger partial charge on any atom is -0.497 e. The Balaban J connectivity index is 1.79. The molecule has 0 radical (unpaired) electrons. The molecule has 0 aliphatic carbocycles. The number of imide groups is 1. The Morgan fingerprint density at radius 3 is 2.35 bits per heavy atom. The third-order valence-corrected chi connectivity index (χ3v) is 5.64. The van der Waals surface area contributed by atoms with Crippen LogP contribution >= 0.6 is 0 Å². The molecule has 0 atom stereocenters. The van der Waals surface area contributed by atoms with Crippen LogP contribution in [0.5, 0.6) is 11.5 Å². The topological polar surface area (TPSA) is 67.9 Å². The lowest BCUT2D eigenvalue weighted by molar-refractivity contribution is -0.120. The number of rotatable bonds is 8. The van der Waals surface area contributed by atoms with Crippen molar-refractivity contribution in [3.63, 3.8) is 0 Å². The molecule has 4 rings (SSSR count). The number of carbonyl (C=O) groups is 2. The summed E-state index contributed by atoms with van der Waals surface area (Å²) in [6.07, 6.45) is 0.891. The molecule has 1 heterocycles. The van der Waals surface area contributed by atoms with E-state index in [4.69, 9.17) is 9.47 Å². The Bertz CT molecular complexity index is 1260. The molecule has 0 saturated carbocycles.